The fraction of sp³-hybridized carbons (Fsp3) is 0.333. The summed E-state index contributed by atoms with van der Waals surface area (Å²) in [4.78, 5) is 23.8. The van der Waals surface area contributed by atoms with Crippen LogP contribution in [-0.2, 0) is 11.3 Å². The average molecular weight is 253 g/mol. The van der Waals surface area contributed by atoms with Crippen LogP contribution in [0.5, 0.6) is 0 Å². The van der Waals surface area contributed by atoms with Crippen molar-refractivity contribution in [2.75, 3.05) is 7.05 Å². The number of nitrogens with two attached hydrogens (primary N) is 1. The molecular formula is C12H16FN3O2. The lowest BCUT2D eigenvalue weighted by molar-refractivity contribution is -0.132. The van der Waals surface area contributed by atoms with Gasteiger partial charge in [0.15, 0.2) is 0 Å². The van der Waals surface area contributed by atoms with Crippen molar-refractivity contribution in [2.24, 2.45) is 5.73 Å². The molecule has 3 amide bonds. The van der Waals surface area contributed by atoms with Crippen molar-refractivity contribution >= 4 is 11.9 Å². The Kier molecular flexibility index (Phi) is 4.65. The summed E-state index contributed by atoms with van der Waals surface area (Å²) in [5.74, 6) is -0.704. The van der Waals surface area contributed by atoms with Gasteiger partial charge in [0.1, 0.15) is 11.9 Å². The van der Waals surface area contributed by atoms with Crippen molar-refractivity contribution in [3.63, 3.8) is 0 Å². The lowest BCUT2D eigenvalue weighted by Gasteiger charge is -2.21. The summed E-state index contributed by atoms with van der Waals surface area (Å²) in [5.41, 5.74) is 5.34. The Bertz CT molecular complexity index is 451. The van der Waals surface area contributed by atoms with Gasteiger partial charge < -0.3 is 16.0 Å². The second-order valence-corrected chi connectivity index (χ2v) is 4.02. The highest BCUT2D eigenvalue weighted by Crippen LogP contribution is 2.09. The van der Waals surface area contributed by atoms with Gasteiger partial charge in [-0.05, 0) is 13.0 Å². The van der Waals surface area contributed by atoms with Gasteiger partial charge in [-0.15, -0.1) is 0 Å². The van der Waals surface area contributed by atoms with Crippen molar-refractivity contribution < 1.29 is 14.0 Å². The minimum atomic E-state index is -0.768. The van der Waals surface area contributed by atoms with E-state index in [9.17, 15) is 14.0 Å². The summed E-state index contributed by atoms with van der Waals surface area (Å²) in [7, 11) is 1.54. The van der Waals surface area contributed by atoms with Crippen molar-refractivity contribution in [3.8, 4) is 0 Å². The van der Waals surface area contributed by atoms with E-state index >= 15 is 0 Å². The monoisotopic (exact) mass is 253 g/mol. The second-order valence-electron chi connectivity index (χ2n) is 4.02. The molecule has 18 heavy (non-hydrogen) atoms. The molecule has 0 spiro atoms. The minimum absolute atomic E-state index is 0.135. The van der Waals surface area contributed by atoms with E-state index in [1.54, 1.807) is 18.2 Å². The summed E-state index contributed by atoms with van der Waals surface area (Å²) in [5, 5.41) is 2.28. The molecule has 0 radical (unpaired) electrons. The number of amides is 3. The van der Waals surface area contributed by atoms with E-state index < -0.39 is 12.1 Å². The Balaban J connectivity index is 2.65. The zero-order valence-corrected chi connectivity index (χ0v) is 10.3. The Morgan fingerprint density at radius 2 is 2.06 bits per heavy atom. The van der Waals surface area contributed by atoms with E-state index in [0.29, 0.717) is 5.56 Å². The molecule has 0 aliphatic heterocycles. The quantitative estimate of drug-likeness (QED) is 0.834. The van der Waals surface area contributed by atoms with Gasteiger partial charge >= 0.3 is 6.03 Å². The lowest BCUT2D eigenvalue weighted by Crippen LogP contribution is -2.47. The predicted octanol–water partition coefficient (Wildman–Crippen LogP) is 0.841. The Labute approximate surface area is 105 Å². The number of nitrogens with zero attached hydrogens (tertiary/aromatic N) is 1. The molecule has 3 N–H and O–H groups in total. The third-order valence-electron chi connectivity index (χ3n) is 2.47. The van der Waals surface area contributed by atoms with E-state index in [1.165, 1.54) is 24.9 Å². The van der Waals surface area contributed by atoms with Crippen molar-refractivity contribution in [3.05, 3.63) is 35.6 Å². The summed E-state index contributed by atoms with van der Waals surface area (Å²) < 4.78 is 13.4. The molecule has 6 heteroatoms. The first-order valence-electron chi connectivity index (χ1n) is 5.46. The normalized spacial score (nSPS) is 11.7. The summed E-state index contributed by atoms with van der Waals surface area (Å²) >= 11 is 0. The van der Waals surface area contributed by atoms with Gasteiger partial charge in [0.05, 0.1) is 0 Å². The first kappa shape index (κ1) is 14.0. The van der Waals surface area contributed by atoms with Gasteiger partial charge in [0.25, 0.3) is 0 Å². The van der Waals surface area contributed by atoms with Crippen molar-refractivity contribution in [2.45, 2.75) is 19.5 Å². The SMILES string of the molecule is CC(NC(N)=O)C(=O)N(C)Cc1ccccc1F. The number of rotatable bonds is 4. The van der Waals surface area contributed by atoms with Crippen LogP contribution in [0, 0.1) is 5.82 Å². The van der Waals surface area contributed by atoms with E-state index in [0.717, 1.165) is 0 Å². The molecule has 1 aromatic rings. The highest BCUT2D eigenvalue weighted by Gasteiger charge is 2.19. The van der Waals surface area contributed by atoms with Crippen LogP contribution in [0.25, 0.3) is 0 Å². The fourth-order valence-electron chi connectivity index (χ4n) is 1.57. The molecule has 0 bridgehead atoms. The Morgan fingerprint density at radius 3 is 2.61 bits per heavy atom. The van der Waals surface area contributed by atoms with E-state index in [4.69, 9.17) is 5.73 Å². The first-order valence-corrected chi connectivity index (χ1v) is 5.46. The highest BCUT2D eigenvalue weighted by atomic mass is 19.1. The zero-order chi connectivity index (χ0) is 13.7. The maximum absolute atomic E-state index is 13.4. The van der Waals surface area contributed by atoms with Gasteiger partial charge in [0, 0.05) is 19.2 Å². The van der Waals surface area contributed by atoms with Crippen molar-refractivity contribution in [1.29, 1.82) is 0 Å². The van der Waals surface area contributed by atoms with Gasteiger partial charge in [-0.25, -0.2) is 9.18 Å². The molecular weight excluding hydrogens is 237 g/mol. The van der Waals surface area contributed by atoms with Crippen LogP contribution >= 0.6 is 0 Å². The molecule has 1 rings (SSSR count). The molecule has 0 saturated heterocycles. The number of benzene rings is 1. The van der Waals surface area contributed by atoms with Gasteiger partial charge in [-0.1, -0.05) is 18.2 Å². The number of primary amides is 1. The third-order valence-corrected chi connectivity index (χ3v) is 2.47. The van der Waals surface area contributed by atoms with Crippen LogP contribution < -0.4 is 11.1 Å². The molecule has 5 nitrogen and oxygen atoms in total. The maximum Gasteiger partial charge on any atom is 0.312 e. The number of hydrogen-bond acceptors (Lipinski definition) is 2. The molecule has 0 aliphatic carbocycles. The number of likely N-dealkylation sites (N-methyl/N-ethyl adjacent to an activating group) is 1. The summed E-state index contributed by atoms with van der Waals surface area (Å²) in [6.45, 7) is 1.65. The number of halogens is 1. The largest absolute Gasteiger partial charge is 0.352 e. The molecule has 0 fully saturated rings. The summed E-state index contributed by atoms with van der Waals surface area (Å²) in [6, 6.07) is 4.71. The van der Waals surface area contributed by atoms with Crippen molar-refractivity contribution in [1.82, 2.24) is 10.2 Å². The molecule has 0 aliphatic rings. The number of urea groups is 1. The fourth-order valence-corrected chi connectivity index (χ4v) is 1.57. The first-order chi connectivity index (χ1) is 8.41. The average Bonchev–Trinajstić information content (AvgIpc) is 2.30. The number of carbonyl (C=O) groups excluding carboxylic acids is 2. The predicted molar refractivity (Wildman–Crippen MR) is 65.1 cm³/mol. The van der Waals surface area contributed by atoms with E-state index in [1.807, 2.05) is 0 Å². The Morgan fingerprint density at radius 1 is 1.44 bits per heavy atom. The standard InChI is InChI=1S/C12H16FN3O2/c1-8(15-12(14)18)11(17)16(2)7-9-5-3-4-6-10(9)13/h3-6,8H,7H2,1-2H3,(H3,14,15,18). The molecule has 1 aromatic carbocycles. The molecule has 0 aromatic heterocycles. The van der Waals surface area contributed by atoms with Gasteiger partial charge in [0.2, 0.25) is 5.91 Å². The molecule has 98 valence electrons. The molecule has 0 saturated carbocycles. The second kappa shape index (κ2) is 6.00. The number of nitrogens with one attached hydrogen (secondary N) is 1. The maximum atomic E-state index is 13.4. The lowest BCUT2D eigenvalue weighted by atomic mass is 10.2. The van der Waals surface area contributed by atoms with Crippen LogP contribution in [0.3, 0.4) is 0 Å². The Hall–Kier alpha value is -2.11. The number of carbonyl (C=O) groups is 2. The smallest absolute Gasteiger partial charge is 0.312 e. The highest BCUT2D eigenvalue weighted by molar-refractivity contribution is 5.86. The van der Waals surface area contributed by atoms with Gasteiger partial charge in [-0.2, -0.15) is 0 Å². The van der Waals surface area contributed by atoms with E-state index in [-0.39, 0.29) is 18.3 Å². The topological polar surface area (TPSA) is 75.4 Å². The minimum Gasteiger partial charge on any atom is -0.352 e. The van der Waals surface area contributed by atoms with Crippen LogP contribution in [0.4, 0.5) is 9.18 Å². The van der Waals surface area contributed by atoms with Crippen LogP contribution in [0.2, 0.25) is 0 Å². The number of hydrogen-bond donors (Lipinski definition) is 2. The van der Waals surface area contributed by atoms with Crippen LogP contribution in [-0.4, -0.2) is 29.9 Å². The van der Waals surface area contributed by atoms with Crippen LogP contribution in [0.15, 0.2) is 24.3 Å². The van der Waals surface area contributed by atoms with E-state index in [2.05, 4.69) is 5.32 Å². The third kappa shape index (κ3) is 3.73. The molecule has 1 atom stereocenters. The zero-order valence-electron chi connectivity index (χ0n) is 10.3. The van der Waals surface area contributed by atoms with Gasteiger partial charge in [-0.3, -0.25) is 4.79 Å². The molecule has 1 unspecified atom stereocenters. The molecule has 0 heterocycles. The van der Waals surface area contributed by atoms with Crippen LogP contribution in [0.1, 0.15) is 12.5 Å². The summed E-state index contributed by atoms with van der Waals surface area (Å²) in [6.07, 6.45) is 0.